The summed E-state index contributed by atoms with van der Waals surface area (Å²) in [4.78, 5) is 41.6. The molecule has 1 aromatic carbocycles. The molecule has 0 saturated carbocycles. The van der Waals surface area contributed by atoms with Gasteiger partial charge in [0.05, 0.1) is 7.11 Å². The van der Waals surface area contributed by atoms with E-state index in [1.54, 1.807) is 24.5 Å². The first-order valence-corrected chi connectivity index (χ1v) is 7.98. The Morgan fingerprint density at radius 1 is 1.27 bits per heavy atom. The Bertz CT molecular complexity index is 548. The third kappa shape index (κ3) is 3.48. The van der Waals surface area contributed by atoms with Gasteiger partial charge in [-0.2, -0.15) is 16.8 Å². The molecule has 0 aliphatic rings. The number of thioether (sulfide) groups is 1. The minimum absolute atomic E-state index is 0.0509. The molecule has 0 aromatic heterocycles. The fraction of sp³-hybridized carbons (Fsp3) is 0.400. The summed E-state index contributed by atoms with van der Waals surface area (Å²) in [6, 6.07) is 8.04. The highest BCUT2D eigenvalue weighted by molar-refractivity contribution is 7.98. The molecule has 1 aromatic rings. The molecule has 120 valence electrons. The van der Waals surface area contributed by atoms with Crippen LogP contribution in [0, 0.1) is 0 Å². The van der Waals surface area contributed by atoms with E-state index < -0.39 is 23.2 Å². The lowest BCUT2D eigenvalue weighted by atomic mass is 9.86. The minimum atomic E-state index is -2.08. The Morgan fingerprint density at radius 2 is 1.86 bits per heavy atom. The zero-order valence-electron chi connectivity index (χ0n) is 12.7. The third-order valence-corrected chi connectivity index (χ3v) is 3.86. The molecule has 7 heteroatoms. The summed E-state index contributed by atoms with van der Waals surface area (Å²) in [5, 5.41) is 10.4. The summed E-state index contributed by atoms with van der Waals surface area (Å²) in [5.41, 5.74) is -1.86. The summed E-state index contributed by atoms with van der Waals surface area (Å²) < 4.78 is 0. The van der Waals surface area contributed by atoms with Gasteiger partial charge in [0.2, 0.25) is 17.2 Å². The van der Waals surface area contributed by atoms with Crippen molar-refractivity contribution in [1.29, 1.82) is 0 Å². The number of hydroxylamine groups is 2. The fourth-order valence-electron chi connectivity index (χ4n) is 2.23. The Morgan fingerprint density at radius 3 is 2.27 bits per heavy atom. The van der Waals surface area contributed by atoms with Crippen LogP contribution in [0.25, 0.3) is 0 Å². The number of benzene rings is 1. The third-order valence-electron chi connectivity index (χ3n) is 3.25. The lowest BCUT2D eigenvalue weighted by molar-refractivity contribution is -0.207. The molecule has 1 atom stereocenters. The van der Waals surface area contributed by atoms with E-state index in [9.17, 15) is 19.5 Å². The van der Waals surface area contributed by atoms with Crippen molar-refractivity contribution in [3.63, 3.8) is 0 Å². The van der Waals surface area contributed by atoms with Gasteiger partial charge < -0.3 is 5.11 Å². The van der Waals surface area contributed by atoms with Gasteiger partial charge in [-0.3, -0.25) is 14.4 Å². The van der Waals surface area contributed by atoms with Crippen molar-refractivity contribution in [2.24, 2.45) is 0 Å². The number of hydrogen-bond acceptors (Lipinski definition) is 5. The van der Waals surface area contributed by atoms with Crippen LogP contribution in [-0.4, -0.2) is 52.5 Å². The number of hydrogen-bond donors (Lipinski definition) is 1. The molecular formula is C15H19NO5S. The Kier molecular flexibility index (Phi) is 6.58. The second-order valence-electron chi connectivity index (χ2n) is 4.60. The number of carbonyl (C=O) groups excluding carboxylic acids is 2. The summed E-state index contributed by atoms with van der Waals surface area (Å²) in [7, 11) is 1.18. The van der Waals surface area contributed by atoms with Crippen LogP contribution in [0.15, 0.2) is 30.3 Å². The smallest absolute Gasteiger partial charge is 0.340 e. The average Bonchev–Trinajstić information content (AvgIpc) is 2.50. The molecule has 0 heterocycles. The van der Waals surface area contributed by atoms with Gasteiger partial charge in [-0.05, 0) is 12.0 Å². The summed E-state index contributed by atoms with van der Waals surface area (Å²) >= 11 is 1.39. The maximum atomic E-state index is 12.9. The number of carboxylic acid groups (broad SMARTS) is 1. The van der Waals surface area contributed by atoms with Gasteiger partial charge >= 0.3 is 5.97 Å². The average molecular weight is 325 g/mol. The molecule has 6 nitrogen and oxygen atoms in total. The van der Waals surface area contributed by atoms with Crippen molar-refractivity contribution in [2.75, 3.05) is 19.1 Å². The fourth-order valence-corrected chi connectivity index (χ4v) is 2.73. The zero-order chi connectivity index (χ0) is 16.8. The highest BCUT2D eigenvalue weighted by Crippen LogP contribution is 2.28. The normalized spacial score (nSPS) is 13.2. The summed E-state index contributed by atoms with van der Waals surface area (Å²) in [5.74, 6) is -2.34. The first-order valence-electron chi connectivity index (χ1n) is 6.59. The van der Waals surface area contributed by atoms with Crippen molar-refractivity contribution < 1.29 is 24.3 Å². The van der Waals surface area contributed by atoms with E-state index in [1.807, 2.05) is 0 Å². The monoisotopic (exact) mass is 325 g/mol. The number of rotatable bonds is 8. The first-order chi connectivity index (χ1) is 10.4. The zero-order valence-corrected chi connectivity index (χ0v) is 13.6. The molecule has 0 saturated heterocycles. The molecule has 1 amide bonds. The maximum Gasteiger partial charge on any atom is 0.340 e. The SMILES string of the molecule is CON(C(C)=O)[C@@](CCSC)(C(=O)O)C(=O)c1ccccc1. The second kappa shape index (κ2) is 7.95. The van der Waals surface area contributed by atoms with Crippen molar-refractivity contribution in [2.45, 2.75) is 18.9 Å². The molecule has 0 fully saturated rings. The molecule has 1 rings (SSSR count). The lowest BCUT2D eigenvalue weighted by Crippen LogP contribution is -2.61. The van der Waals surface area contributed by atoms with Crippen LogP contribution >= 0.6 is 11.8 Å². The van der Waals surface area contributed by atoms with Gasteiger partial charge in [0.1, 0.15) is 0 Å². The standard InChI is InChI=1S/C15H19NO5S/c1-11(17)16(21-2)15(14(19)20,9-10-22-3)13(18)12-7-5-4-6-8-12/h4-8H,9-10H2,1-3H3,(H,19,20)/t15-/m1/s1. The van der Waals surface area contributed by atoms with Crippen molar-refractivity contribution in [1.82, 2.24) is 5.06 Å². The van der Waals surface area contributed by atoms with Gasteiger partial charge in [0.15, 0.2) is 0 Å². The van der Waals surface area contributed by atoms with Crippen LogP contribution in [0.4, 0.5) is 0 Å². The van der Waals surface area contributed by atoms with E-state index in [4.69, 9.17) is 4.84 Å². The second-order valence-corrected chi connectivity index (χ2v) is 5.58. The van der Waals surface area contributed by atoms with Gasteiger partial charge in [0.25, 0.3) is 0 Å². The van der Waals surface area contributed by atoms with E-state index in [1.165, 1.54) is 37.9 Å². The van der Waals surface area contributed by atoms with Crippen LogP contribution in [0.2, 0.25) is 0 Å². The molecule has 0 spiro atoms. The maximum absolute atomic E-state index is 12.9. The lowest BCUT2D eigenvalue weighted by Gasteiger charge is -2.36. The Labute approximate surface area is 133 Å². The van der Waals surface area contributed by atoms with Gasteiger partial charge in [-0.25, -0.2) is 4.79 Å². The number of aliphatic carboxylic acids is 1. The van der Waals surface area contributed by atoms with Crippen LogP contribution in [0.3, 0.4) is 0 Å². The van der Waals surface area contributed by atoms with Gasteiger partial charge in [0, 0.05) is 18.9 Å². The molecular weight excluding hydrogens is 306 g/mol. The topological polar surface area (TPSA) is 83.9 Å². The first kappa shape index (κ1) is 18.2. The number of carbonyl (C=O) groups is 3. The van der Waals surface area contributed by atoms with Crippen molar-refractivity contribution in [3.05, 3.63) is 35.9 Å². The number of Topliss-reactive ketones (excluding diaryl/α,β-unsaturated/α-hetero) is 1. The molecule has 0 aliphatic carbocycles. The summed E-state index contributed by atoms with van der Waals surface area (Å²) in [6.07, 6.45) is 1.75. The van der Waals surface area contributed by atoms with E-state index in [2.05, 4.69) is 0 Å². The highest BCUT2D eigenvalue weighted by Gasteiger charge is 2.53. The van der Waals surface area contributed by atoms with Crippen LogP contribution in [0.5, 0.6) is 0 Å². The molecule has 0 aliphatic heterocycles. The van der Waals surface area contributed by atoms with Gasteiger partial charge in [-0.15, -0.1) is 0 Å². The van der Waals surface area contributed by atoms with Crippen molar-refractivity contribution >= 4 is 29.4 Å². The quantitative estimate of drug-likeness (QED) is 0.446. The number of amides is 1. The molecule has 0 radical (unpaired) electrons. The number of carboxylic acids is 1. The van der Waals surface area contributed by atoms with Crippen molar-refractivity contribution in [3.8, 4) is 0 Å². The predicted molar refractivity (Wildman–Crippen MR) is 83.7 cm³/mol. The minimum Gasteiger partial charge on any atom is -0.479 e. The largest absolute Gasteiger partial charge is 0.479 e. The van der Waals surface area contributed by atoms with E-state index in [0.29, 0.717) is 10.8 Å². The Balaban J connectivity index is 3.44. The molecule has 0 unspecified atom stereocenters. The number of nitrogens with zero attached hydrogens (tertiary/aromatic N) is 1. The Hall–Kier alpha value is -1.86. The van der Waals surface area contributed by atoms with E-state index in [-0.39, 0.29) is 12.0 Å². The summed E-state index contributed by atoms with van der Waals surface area (Å²) in [6.45, 7) is 1.17. The molecule has 1 N–H and O–H groups in total. The molecule has 0 bridgehead atoms. The van der Waals surface area contributed by atoms with Crippen LogP contribution < -0.4 is 0 Å². The van der Waals surface area contributed by atoms with Crippen LogP contribution in [0.1, 0.15) is 23.7 Å². The predicted octanol–water partition coefficient (Wildman–Crippen LogP) is 1.86. The van der Waals surface area contributed by atoms with Gasteiger partial charge in [-0.1, -0.05) is 30.3 Å². The number of ketones is 1. The van der Waals surface area contributed by atoms with Crippen LogP contribution in [-0.2, 0) is 14.4 Å². The van der Waals surface area contributed by atoms with E-state index >= 15 is 0 Å². The highest BCUT2D eigenvalue weighted by atomic mass is 32.2. The molecule has 22 heavy (non-hydrogen) atoms. The van der Waals surface area contributed by atoms with E-state index in [0.717, 1.165) is 0 Å².